The minimum absolute atomic E-state index is 0.0734. The van der Waals surface area contributed by atoms with Gasteiger partial charge in [-0.25, -0.2) is 5.43 Å². The second-order valence-electron chi connectivity index (χ2n) is 4.36. The Labute approximate surface area is 121 Å². The molecule has 1 aromatic heterocycles. The average Bonchev–Trinajstić information content (AvgIpc) is 2.58. The van der Waals surface area contributed by atoms with Gasteiger partial charge in [0.1, 0.15) is 0 Å². The van der Waals surface area contributed by atoms with Crippen LogP contribution >= 0.6 is 43.2 Å². The van der Waals surface area contributed by atoms with Crippen LogP contribution in [0.4, 0.5) is 0 Å². The monoisotopic (exact) mass is 378 g/mol. The van der Waals surface area contributed by atoms with E-state index in [9.17, 15) is 4.79 Å². The third kappa shape index (κ3) is 2.63. The highest BCUT2D eigenvalue weighted by atomic mass is 79.9. The van der Waals surface area contributed by atoms with Gasteiger partial charge in [-0.15, -0.1) is 11.3 Å². The van der Waals surface area contributed by atoms with Crippen molar-refractivity contribution < 1.29 is 4.79 Å². The van der Waals surface area contributed by atoms with E-state index < -0.39 is 5.41 Å². The summed E-state index contributed by atoms with van der Waals surface area (Å²) in [5, 5.41) is 3.97. The molecule has 1 aliphatic carbocycles. The zero-order valence-electron chi connectivity index (χ0n) is 9.46. The number of carbonyl (C=O) groups excluding carboxylic acids is 1. The number of hydrazone groups is 1. The number of aryl methyl sites for hydroxylation is 1. The van der Waals surface area contributed by atoms with Crippen molar-refractivity contribution in [1.29, 1.82) is 0 Å². The van der Waals surface area contributed by atoms with E-state index in [0.717, 1.165) is 11.3 Å². The van der Waals surface area contributed by atoms with Gasteiger partial charge in [0.2, 0.25) is 5.91 Å². The molecule has 1 atom stereocenters. The summed E-state index contributed by atoms with van der Waals surface area (Å²) in [5.74, 6) is -0.0734. The van der Waals surface area contributed by atoms with Crippen molar-refractivity contribution >= 4 is 55.3 Å². The number of nitrogens with zero attached hydrogens (tertiary/aromatic N) is 1. The molecular formula is C11H12Br2N2OS. The van der Waals surface area contributed by atoms with E-state index in [2.05, 4.69) is 42.4 Å². The summed E-state index contributed by atoms with van der Waals surface area (Å²) in [6.45, 7) is 3.94. The maximum absolute atomic E-state index is 11.9. The standard InChI is InChI=1S/C11H12Br2N2OS/c1-7-3-4-8(17-7)5-14-15-9(16)10(2)6-11(10,12)13/h3-5H,6H2,1-2H3,(H,15,16)/t10-/m1/s1. The predicted molar refractivity (Wildman–Crippen MR) is 78.1 cm³/mol. The van der Waals surface area contributed by atoms with Crippen molar-refractivity contribution in [3.8, 4) is 0 Å². The van der Waals surface area contributed by atoms with Gasteiger partial charge in [0.25, 0.3) is 0 Å². The lowest BCUT2D eigenvalue weighted by molar-refractivity contribution is -0.125. The molecule has 1 aliphatic rings. The van der Waals surface area contributed by atoms with Gasteiger partial charge < -0.3 is 0 Å². The summed E-state index contributed by atoms with van der Waals surface area (Å²) >= 11 is 8.55. The van der Waals surface area contributed by atoms with Gasteiger partial charge in [-0.05, 0) is 32.4 Å². The molecule has 0 spiro atoms. The zero-order chi connectivity index (χ0) is 12.7. The van der Waals surface area contributed by atoms with Crippen LogP contribution in [0, 0.1) is 12.3 Å². The highest BCUT2D eigenvalue weighted by Gasteiger charge is 2.66. The van der Waals surface area contributed by atoms with Crippen LogP contribution < -0.4 is 5.43 Å². The molecule has 1 saturated carbocycles. The molecule has 1 N–H and O–H groups in total. The van der Waals surface area contributed by atoms with Crippen LogP contribution in [0.3, 0.4) is 0 Å². The van der Waals surface area contributed by atoms with Gasteiger partial charge in [0, 0.05) is 9.75 Å². The molecular weight excluding hydrogens is 368 g/mol. The van der Waals surface area contributed by atoms with Crippen LogP contribution in [0.5, 0.6) is 0 Å². The number of nitrogens with one attached hydrogen (secondary N) is 1. The smallest absolute Gasteiger partial charge is 0.248 e. The van der Waals surface area contributed by atoms with Crippen LogP contribution in [-0.2, 0) is 4.79 Å². The second kappa shape index (κ2) is 4.48. The zero-order valence-corrected chi connectivity index (χ0v) is 13.4. The van der Waals surface area contributed by atoms with E-state index in [1.807, 2.05) is 26.0 Å². The fourth-order valence-electron chi connectivity index (χ4n) is 1.45. The number of thiophene rings is 1. The molecule has 0 aromatic carbocycles. The van der Waals surface area contributed by atoms with Gasteiger partial charge in [0.15, 0.2) is 0 Å². The molecule has 1 fully saturated rings. The largest absolute Gasteiger partial charge is 0.272 e. The lowest BCUT2D eigenvalue weighted by Gasteiger charge is -2.09. The van der Waals surface area contributed by atoms with Crippen molar-refractivity contribution in [1.82, 2.24) is 5.43 Å². The molecule has 0 unspecified atom stereocenters. The Kier molecular flexibility index (Phi) is 3.49. The van der Waals surface area contributed by atoms with E-state index in [1.54, 1.807) is 17.6 Å². The van der Waals surface area contributed by atoms with E-state index in [1.165, 1.54) is 4.88 Å². The first kappa shape index (κ1) is 13.2. The van der Waals surface area contributed by atoms with Crippen molar-refractivity contribution in [2.24, 2.45) is 10.5 Å². The van der Waals surface area contributed by atoms with Gasteiger partial charge in [0.05, 0.1) is 14.9 Å². The van der Waals surface area contributed by atoms with Gasteiger partial charge in [-0.1, -0.05) is 31.9 Å². The third-order valence-corrected chi connectivity index (χ3v) is 6.12. The number of carbonyl (C=O) groups is 1. The average molecular weight is 380 g/mol. The second-order valence-corrected chi connectivity index (χ2v) is 9.45. The van der Waals surface area contributed by atoms with Crippen LogP contribution in [-0.4, -0.2) is 15.4 Å². The van der Waals surface area contributed by atoms with E-state index in [4.69, 9.17) is 0 Å². The number of hydrogen-bond donors (Lipinski definition) is 1. The molecule has 92 valence electrons. The quantitative estimate of drug-likeness (QED) is 0.488. The normalized spacial score (nSPS) is 26.1. The Morgan fingerprint density at radius 3 is 2.71 bits per heavy atom. The number of amides is 1. The van der Waals surface area contributed by atoms with Crippen molar-refractivity contribution in [3.63, 3.8) is 0 Å². The molecule has 0 aliphatic heterocycles. The molecule has 1 amide bonds. The Morgan fingerprint density at radius 2 is 2.24 bits per heavy atom. The summed E-state index contributed by atoms with van der Waals surface area (Å²) in [7, 11) is 0. The fraction of sp³-hybridized carbons (Fsp3) is 0.455. The fourth-order valence-corrected chi connectivity index (χ4v) is 3.68. The van der Waals surface area contributed by atoms with Crippen LogP contribution in [0.1, 0.15) is 23.1 Å². The lowest BCUT2D eigenvalue weighted by Crippen LogP contribution is -2.29. The summed E-state index contributed by atoms with van der Waals surface area (Å²) in [4.78, 5) is 14.1. The van der Waals surface area contributed by atoms with Crippen molar-refractivity contribution in [3.05, 3.63) is 21.9 Å². The van der Waals surface area contributed by atoms with Crippen molar-refractivity contribution in [2.45, 2.75) is 23.5 Å². The van der Waals surface area contributed by atoms with Crippen molar-refractivity contribution in [2.75, 3.05) is 0 Å². The maximum atomic E-state index is 11.9. The van der Waals surface area contributed by atoms with E-state index in [0.29, 0.717) is 0 Å². The Morgan fingerprint density at radius 1 is 1.59 bits per heavy atom. The third-order valence-electron chi connectivity index (χ3n) is 2.88. The molecule has 0 saturated heterocycles. The molecule has 0 radical (unpaired) electrons. The molecule has 1 heterocycles. The number of alkyl halides is 2. The number of hydrogen-bond acceptors (Lipinski definition) is 3. The Balaban J connectivity index is 1.91. The molecule has 6 heteroatoms. The maximum Gasteiger partial charge on any atom is 0.248 e. The minimum Gasteiger partial charge on any atom is -0.272 e. The number of halogens is 2. The van der Waals surface area contributed by atoms with Gasteiger partial charge in [-0.2, -0.15) is 5.10 Å². The first-order valence-electron chi connectivity index (χ1n) is 5.13. The van der Waals surface area contributed by atoms with E-state index >= 15 is 0 Å². The molecule has 1 aromatic rings. The predicted octanol–water partition coefficient (Wildman–Crippen LogP) is 3.40. The summed E-state index contributed by atoms with van der Waals surface area (Å²) in [6, 6.07) is 4.01. The van der Waals surface area contributed by atoms with E-state index in [-0.39, 0.29) is 9.14 Å². The molecule has 17 heavy (non-hydrogen) atoms. The molecule has 2 rings (SSSR count). The number of rotatable bonds is 3. The summed E-state index contributed by atoms with van der Waals surface area (Å²) in [6.07, 6.45) is 2.44. The summed E-state index contributed by atoms with van der Waals surface area (Å²) < 4.78 is -0.272. The Hall–Kier alpha value is -0.200. The SMILES string of the molecule is Cc1ccc(C=NNC(=O)[C@@]2(C)CC2(Br)Br)s1. The van der Waals surface area contributed by atoms with Crippen LogP contribution in [0.15, 0.2) is 17.2 Å². The first-order valence-corrected chi connectivity index (χ1v) is 7.53. The molecule has 0 bridgehead atoms. The van der Waals surface area contributed by atoms with Crippen LogP contribution in [0.2, 0.25) is 0 Å². The van der Waals surface area contributed by atoms with Gasteiger partial charge in [-0.3, -0.25) is 4.79 Å². The minimum atomic E-state index is -0.421. The topological polar surface area (TPSA) is 41.5 Å². The van der Waals surface area contributed by atoms with Crippen LogP contribution in [0.25, 0.3) is 0 Å². The highest BCUT2D eigenvalue weighted by Crippen LogP contribution is 2.66. The lowest BCUT2D eigenvalue weighted by atomic mass is 10.1. The highest BCUT2D eigenvalue weighted by molar-refractivity contribution is 9.25. The first-order chi connectivity index (χ1) is 7.85. The van der Waals surface area contributed by atoms with Gasteiger partial charge >= 0.3 is 0 Å². The Bertz CT molecular complexity index is 484. The molecule has 3 nitrogen and oxygen atoms in total. The summed E-state index contributed by atoms with van der Waals surface area (Å²) in [5.41, 5.74) is 2.15.